The molecule has 0 aliphatic carbocycles. The lowest BCUT2D eigenvalue weighted by Crippen LogP contribution is -2.04. The van der Waals surface area contributed by atoms with E-state index in [0.29, 0.717) is 10.7 Å². The zero-order valence-electron chi connectivity index (χ0n) is 7.50. The summed E-state index contributed by atoms with van der Waals surface area (Å²) < 4.78 is 13.3. The molecule has 2 aromatic heterocycles. The molecule has 0 saturated carbocycles. The van der Waals surface area contributed by atoms with Crippen LogP contribution < -0.4 is 5.56 Å². The molecule has 5 heteroatoms. The summed E-state index contributed by atoms with van der Waals surface area (Å²) in [5, 5.41) is 0.316. The van der Waals surface area contributed by atoms with Crippen molar-refractivity contribution < 1.29 is 4.39 Å². The Balaban J connectivity index is 2.63. The molecular formula is C10H6ClFN2O. The average Bonchev–Trinajstić information content (AvgIpc) is 2.22. The molecule has 2 rings (SSSR count). The quantitative estimate of drug-likeness (QED) is 0.755. The lowest BCUT2D eigenvalue weighted by molar-refractivity contribution is 0.587. The van der Waals surface area contributed by atoms with Gasteiger partial charge in [-0.1, -0.05) is 17.7 Å². The minimum atomic E-state index is -0.666. The molecule has 0 bridgehead atoms. The number of hydrogen-bond donors (Lipinski definition) is 1. The third-order valence-corrected chi connectivity index (χ3v) is 2.07. The summed E-state index contributed by atoms with van der Waals surface area (Å²) >= 11 is 5.69. The van der Waals surface area contributed by atoms with E-state index in [2.05, 4.69) is 9.97 Å². The second-order valence-corrected chi connectivity index (χ2v) is 3.36. The van der Waals surface area contributed by atoms with Crippen LogP contribution >= 0.6 is 11.6 Å². The Morgan fingerprint density at radius 2 is 2.20 bits per heavy atom. The topological polar surface area (TPSA) is 45.8 Å². The van der Waals surface area contributed by atoms with Crippen molar-refractivity contribution in [2.24, 2.45) is 0 Å². The van der Waals surface area contributed by atoms with Gasteiger partial charge in [0.2, 0.25) is 11.5 Å². The summed E-state index contributed by atoms with van der Waals surface area (Å²) in [6.07, 6.45) is 1.21. The molecule has 0 aliphatic rings. The van der Waals surface area contributed by atoms with E-state index in [-0.39, 0.29) is 11.1 Å². The van der Waals surface area contributed by atoms with E-state index in [0.717, 1.165) is 0 Å². The van der Waals surface area contributed by atoms with Gasteiger partial charge in [-0.2, -0.15) is 4.39 Å². The molecule has 15 heavy (non-hydrogen) atoms. The Morgan fingerprint density at radius 1 is 1.40 bits per heavy atom. The van der Waals surface area contributed by atoms with Crippen molar-refractivity contribution in [2.75, 3.05) is 0 Å². The summed E-state index contributed by atoms with van der Waals surface area (Å²) in [5.74, 6) is -0.666. The van der Waals surface area contributed by atoms with Gasteiger partial charge in [0.1, 0.15) is 0 Å². The van der Waals surface area contributed by atoms with Crippen LogP contribution in [0.25, 0.3) is 11.3 Å². The third kappa shape index (κ3) is 2.05. The van der Waals surface area contributed by atoms with Crippen molar-refractivity contribution in [1.82, 2.24) is 9.97 Å². The van der Waals surface area contributed by atoms with Crippen molar-refractivity contribution >= 4 is 11.6 Å². The van der Waals surface area contributed by atoms with Crippen molar-refractivity contribution in [2.45, 2.75) is 0 Å². The summed E-state index contributed by atoms with van der Waals surface area (Å²) in [4.78, 5) is 17.0. The Bertz CT molecular complexity index is 553. The highest BCUT2D eigenvalue weighted by atomic mass is 35.5. The number of pyridine rings is 2. The standard InChI is InChI=1S/C10H6ClFN2O/c11-6-4-7(10(12)13-5-6)8-2-1-3-9(15)14-8/h1-5H,(H,14,15). The van der Waals surface area contributed by atoms with Crippen LogP contribution in [0, 0.1) is 5.95 Å². The Kier molecular flexibility index (Phi) is 2.51. The molecule has 0 unspecified atom stereocenters. The molecule has 0 aliphatic heterocycles. The molecule has 0 spiro atoms. The molecule has 2 aromatic rings. The molecular weight excluding hydrogens is 219 g/mol. The van der Waals surface area contributed by atoms with Gasteiger partial charge >= 0.3 is 0 Å². The second-order valence-electron chi connectivity index (χ2n) is 2.92. The molecule has 0 amide bonds. The summed E-state index contributed by atoms with van der Waals surface area (Å²) in [6.45, 7) is 0. The van der Waals surface area contributed by atoms with E-state index in [1.54, 1.807) is 6.07 Å². The van der Waals surface area contributed by atoms with E-state index in [9.17, 15) is 9.18 Å². The van der Waals surface area contributed by atoms with Crippen LogP contribution in [0.5, 0.6) is 0 Å². The van der Waals surface area contributed by atoms with Crippen LogP contribution in [0.4, 0.5) is 4.39 Å². The zero-order chi connectivity index (χ0) is 10.8. The number of aromatic amines is 1. The van der Waals surface area contributed by atoms with Crippen LogP contribution in [0.2, 0.25) is 5.02 Å². The minimum Gasteiger partial charge on any atom is -0.322 e. The number of nitrogens with zero attached hydrogens (tertiary/aromatic N) is 1. The first kappa shape index (κ1) is 9.86. The highest BCUT2D eigenvalue weighted by Crippen LogP contribution is 2.21. The summed E-state index contributed by atoms with van der Waals surface area (Å²) in [6, 6.07) is 5.88. The fraction of sp³-hybridized carbons (Fsp3) is 0. The number of H-pyrrole nitrogens is 1. The fourth-order valence-corrected chi connectivity index (χ4v) is 1.37. The lowest BCUT2D eigenvalue weighted by atomic mass is 10.2. The Labute approximate surface area is 89.6 Å². The Hall–Kier alpha value is -1.68. The molecule has 2 heterocycles. The van der Waals surface area contributed by atoms with Crippen LogP contribution in [-0.2, 0) is 0 Å². The first-order valence-corrected chi connectivity index (χ1v) is 4.55. The van der Waals surface area contributed by atoms with Crippen LogP contribution in [0.3, 0.4) is 0 Å². The summed E-state index contributed by atoms with van der Waals surface area (Å²) in [5.41, 5.74) is 0.238. The fourth-order valence-electron chi connectivity index (χ4n) is 1.22. The average molecular weight is 225 g/mol. The van der Waals surface area contributed by atoms with E-state index >= 15 is 0 Å². The van der Waals surface area contributed by atoms with Crippen LogP contribution in [0.15, 0.2) is 35.3 Å². The summed E-state index contributed by atoms with van der Waals surface area (Å²) in [7, 11) is 0. The van der Waals surface area contributed by atoms with E-state index < -0.39 is 5.95 Å². The SMILES string of the molecule is O=c1cccc(-c2cc(Cl)cnc2F)[nH]1. The number of hydrogen-bond acceptors (Lipinski definition) is 2. The molecule has 0 fully saturated rings. The van der Waals surface area contributed by atoms with E-state index in [1.165, 1.54) is 24.4 Å². The van der Waals surface area contributed by atoms with E-state index in [1.807, 2.05) is 0 Å². The smallest absolute Gasteiger partial charge is 0.248 e. The molecule has 0 aromatic carbocycles. The highest BCUT2D eigenvalue weighted by Gasteiger charge is 2.07. The minimum absolute atomic E-state index is 0.181. The first-order valence-electron chi connectivity index (χ1n) is 4.17. The van der Waals surface area contributed by atoms with Gasteiger partial charge in [0, 0.05) is 12.3 Å². The molecule has 76 valence electrons. The van der Waals surface area contributed by atoms with Gasteiger partial charge in [0.25, 0.3) is 0 Å². The van der Waals surface area contributed by atoms with Gasteiger partial charge in [-0.25, -0.2) is 4.98 Å². The zero-order valence-corrected chi connectivity index (χ0v) is 8.25. The second kappa shape index (κ2) is 3.82. The van der Waals surface area contributed by atoms with Gasteiger partial charge in [-0.05, 0) is 12.1 Å². The maximum Gasteiger partial charge on any atom is 0.248 e. The molecule has 3 nitrogen and oxygen atoms in total. The number of nitrogens with one attached hydrogen (secondary N) is 1. The normalized spacial score (nSPS) is 10.3. The van der Waals surface area contributed by atoms with Crippen LogP contribution in [-0.4, -0.2) is 9.97 Å². The maximum atomic E-state index is 13.3. The van der Waals surface area contributed by atoms with E-state index in [4.69, 9.17) is 11.6 Å². The van der Waals surface area contributed by atoms with Gasteiger partial charge in [-0.3, -0.25) is 4.79 Å². The van der Waals surface area contributed by atoms with Crippen molar-refractivity contribution in [3.05, 3.63) is 51.8 Å². The van der Waals surface area contributed by atoms with Crippen molar-refractivity contribution in [1.29, 1.82) is 0 Å². The highest BCUT2D eigenvalue weighted by molar-refractivity contribution is 6.30. The van der Waals surface area contributed by atoms with Gasteiger partial charge in [0.05, 0.1) is 16.3 Å². The number of halogens is 2. The molecule has 0 saturated heterocycles. The number of rotatable bonds is 1. The predicted octanol–water partition coefficient (Wildman–Crippen LogP) is 2.23. The molecule has 1 N–H and O–H groups in total. The van der Waals surface area contributed by atoms with Crippen molar-refractivity contribution in [3.8, 4) is 11.3 Å². The number of aromatic nitrogens is 2. The Morgan fingerprint density at radius 3 is 2.93 bits per heavy atom. The molecule has 0 radical (unpaired) electrons. The van der Waals surface area contributed by atoms with Crippen molar-refractivity contribution in [3.63, 3.8) is 0 Å². The predicted molar refractivity (Wildman–Crippen MR) is 55.3 cm³/mol. The monoisotopic (exact) mass is 224 g/mol. The van der Waals surface area contributed by atoms with Gasteiger partial charge in [-0.15, -0.1) is 0 Å². The molecule has 0 atom stereocenters. The first-order chi connectivity index (χ1) is 7.16. The lowest BCUT2D eigenvalue weighted by Gasteiger charge is -2.02. The van der Waals surface area contributed by atoms with Gasteiger partial charge < -0.3 is 4.98 Å². The largest absolute Gasteiger partial charge is 0.322 e. The maximum absolute atomic E-state index is 13.3. The van der Waals surface area contributed by atoms with Crippen LogP contribution in [0.1, 0.15) is 0 Å². The third-order valence-electron chi connectivity index (χ3n) is 1.86. The van der Waals surface area contributed by atoms with Gasteiger partial charge in [0.15, 0.2) is 0 Å².